The second-order valence-corrected chi connectivity index (χ2v) is 7.07. The summed E-state index contributed by atoms with van der Waals surface area (Å²) in [5, 5.41) is 8.93. The van der Waals surface area contributed by atoms with E-state index in [1.54, 1.807) is 16.8 Å². The molecule has 0 bridgehead atoms. The molecule has 1 saturated heterocycles. The Hall–Kier alpha value is -2.94. The molecular weight excluding hydrogens is 370 g/mol. The minimum Gasteiger partial charge on any atom is -0.454 e. The van der Waals surface area contributed by atoms with Crippen LogP contribution in [0, 0.1) is 0 Å². The van der Waals surface area contributed by atoms with Crippen LogP contribution in [0.15, 0.2) is 53.1 Å². The van der Waals surface area contributed by atoms with Crippen LogP contribution in [0.1, 0.15) is 12.8 Å². The lowest BCUT2D eigenvalue weighted by Crippen LogP contribution is -2.38. The van der Waals surface area contributed by atoms with Gasteiger partial charge in [0.2, 0.25) is 0 Å². The van der Waals surface area contributed by atoms with E-state index in [1.807, 2.05) is 36.4 Å². The Labute approximate surface area is 167 Å². The molecule has 8 heteroatoms. The number of furan rings is 1. The normalized spacial score (nSPS) is 17.2. The van der Waals surface area contributed by atoms with Gasteiger partial charge in [0, 0.05) is 31.1 Å². The van der Waals surface area contributed by atoms with E-state index >= 15 is 0 Å². The van der Waals surface area contributed by atoms with E-state index in [-0.39, 0.29) is 6.10 Å². The predicted octanol–water partition coefficient (Wildman–Crippen LogP) is 2.79. The number of ether oxygens (including phenoxy) is 1. The number of benzene rings is 1. The molecule has 1 unspecified atom stereocenters. The molecule has 150 valence electrons. The lowest BCUT2D eigenvalue weighted by Gasteiger charge is -2.23. The second kappa shape index (κ2) is 8.20. The van der Waals surface area contributed by atoms with Crippen LogP contribution in [-0.4, -0.2) is 46.9 Å². The number of aromatic nitrogens is 3. The molecule has 0 saturated carbocycles. The number of fused-ring (bicyclic) bond motifs is 2. The SMILES string of the molecule is c1ccc2oc(-c3cnc4ccc(ONCCCC5CNCCO5)nn34)cc2c1. The average molecular weight is 393 g/mol. The monoisotopic (exact) mass is 393 g/mol. The van der Waals surface area contributed by atoms with E-state index in [4.69, 9.17) is 14.0 Å². The average Bonchev–Trinajstić information content (AvgIpc) is 3.37. The second-order valence-electron chi connectivity index (χ2n) is 7.07. The number of nitrogens with one attached hydrogen (secondary N) is 2. The molecule has 29 heavy (non-hydrogen) atoms. The molecule has 4 heterocycles. The van der Waals surface area contributed by atoms with Gasteiger partial charge in [-0.2, -0.15) is 5.48 Å². The highest BCUT2D eigenvalue weighted by Gasteiger charge is 2.14. The Morgan fingerprint density at radius 2 is 2.21 bits per heavy atom. The van der Waals surface area contributed by atoms with Gasteiger partial charge in [-0.15, -0.1) is 5.10 Å². The molecule has 1 aromatic carbocycles. The summed E-state index contributed by atoms with van der Waals surface area (Å²) in [6, 6.07) is 13.6. The summed E-state index contributed by atoms with van der Waals surface area (Å²) in [4.78, 5) is 10.0. The minimum atomic E-state index is 0.289. The van der Waals surface area contributed by atoms with Crippen molar-refractivity contribution in [2.75, 3.05) is 26.2 Å². The molecule has 0 radical (unpaired) electrons. The zero-order chi connectivity index (χ0) is 19.5. The predicted molar refractivity (Wildman–Crippen MR) is 109 cm³/mol. The highest BCUT2D eigenvalue weighted by Crippen LogP contribution is 2.28. The standard InChI is InChI=1S/C21H23N5O3/c1-2-6-18-15(4-1)12-19(28-18)17-14-23-20-7-8-21(25-26(17)20)29-24-9-3-5-16-13-22-10-11-27-16/h1-2,4,6-8,12,14,16,22,24H,3,5,9-11,13H2. The van der Waals surface area contributed by atoms with Crippen molar-refractivity contribution in [3.63, 3.8) is 0 Å². The van der Waals surface area contributed by atoms with Crippen LogP contribution in [0.5, 0.6) is 5.88 Å². The largest absolute Gasteiger partial charge is 0.454 e. The first-order valence-electron chi connectivity index (χ1n) is 9.92. The van der Waals surface area contributed by atoms with Crippen molar-refractivity contribution in [2.24, 2.45) is 0 Å². The number of hydroxylamine groups is 1. The fourth-order valence-corrected chi connectivity index (χ4v) is 3.52. The highest BCUT2D eigenvalue weighted by molar-refractivity contribution is 5.82. The Balaban J connectivity index is 1.24. The van der Waals surface area contributed by atoms with Gasteiger partial charge in [0.05, 0.1) is 18.9 Å². The molecule has 1 aliphatic rings. The summed E-state index contributed by atoms with van der Waals surface area (Å²) in [6.07, 6.45) is 4.00. The zero-order valence-electron chi connectivity index (χ0n) is 16.0. The van der Waals surface area contributed by atoms with E-state index in [1.165, 1.54) is 0 Å². The molecule has 0 spiro atoms. The smallest absolute Gasteiger partial charge is 0.255 e. The summed E-state index contributed by atoms with van der Waals surface area (Å²) in [5.41, 5.74) is 5.33. The first-order valence-corrected chi connectivity index (χ1v) is 9.92. The summed E-state index contributed by atoms with van der Waals surface area (Å²) < 4.78 is 13.4. The van der Waals surface area contributed by atoms with Crippen LogP contribution < -0.4 is 15.6 Å². The number of imidazole rings is 1. The van der Waals surface area contributed by atoms with Crippen molar-refractivity contribution in [3.05, 3.63) is 48.7 Å². The van der Waals surface area contributed by atoms with E-state index in [0.29, 0.717) is 5.88 Å². The van der Waals surface area contributed by atoms with E-state index in [9.17, 15) is 0 Å². The van der Waals surface area contributed by atoms with Crippen LogP contribution in [0.25, 0.3) is 28.1 Å². The third kappa shape index (κ3) is 3.95. The lowest BCUT2D eigenvalue weighted by atomic mass is 10.2. The van der Waals surface area contributed by atoms with Crippen molar-refractivity contribution in [1.29, 1.82) is 0 Å². The molecule has 0 amide bonds. The zero-order valence-corrected chi connectivity index (χ0v) is 16.0. The first-order chi connectivity index (χ1) is 14.4. The van der Waals surface area contributed by atoms with Crippen LogP contribution in [0.4, 0.5) is 0 Å². The van der Waals surface area contributed by atoms with Crippen molar-refractivity contribution < 1.29 is 14.0 Å². The summed E-state index contributed by atoms with van der Waals surface area (Å²) in [6.45, 7) is 3.37. The Kier molecular flexibility index (Phi) is 5.12. The maximum atomic E-state index is 5.96. The maximum Gasteiger partial charge on any atom is 0.255 e. The van der Waals surface area contributed by atoms with Crippen molar-refractivity contribution in [3.8, 4) is 17.3 Å². The van der Waals surface area contributed by atoms with Gasteiger partial charge in [-0.25, -0.2) is 9.50 Å². The van der Waals surface area contributed by atoms with E-state index in [0.717, 1.165) is 67.2 Å². The first kappa shape index (κ1) is 18.1. The quantitative estimate of drug-likeness (QED) is 0.369. The molecule has 2 N–H and O–H groups in total. The number of rotatable bonds is 7. The van der Waals surface area contributed by atoms with Crippen LogP contribution in [0.3, 0.4) is 0 Å². The Bertz CT molecular complexity index is 1070. The molecular formula is C21H23N5O3. The molecule has 1 fully saturated rings. The summed E-state index contributed by atoms with van der Waals surface area (Å²) >= 11 is 0. The topological polar surface area (TPSA) is 85.9 Å². The third-order valence-electron chi connectivity index (χ3n) is 5.00. The van der Waals surface area contributed by atoms with Gasteiger partial charge in [0.25, 0.3) is 5.88 Å². The van der Waals surface area contributed by atoms with Gasteiger partial charge in [0.1, 0.15) is 11.3 Å². The highest BCUT2D eigenvalue weighted by atomic mass is 16.7. The van der Waals surface area contributed by atoms with Gasteiger partial charge < -0.3 is 19.3 Å². The van der Waals surface area contributed by atoms with Gasteiger partial charge in [-0.3, -0.25) is 0 Å². The van der Waals surface area contributed by atoms with Crippen LogP contribution >= 0.6 is 0 Å². The van der Waals surface area contributed by atoms with Crippen molar-refractivity contribution in [2.45, 2.75) is 18.9 Å². The molecule has 3 aromatic heterocycles. The van der Waals surface area contributed by atoms with E-state index in [2.05, 4.69) is 20.9 Å². The molecule has 8 nitrogen and oxygen atoms in total. The van der Waals surface area contributed by atoms with E-state index < -0.39 is 0 Å². The Morgan fingerprint density at radius 3 is 3.10 bits per heavy atom. The molecule has 5 rings (SSSR count). The number of para-hydroxylation sites is 1. The molecule has 0 aliphatic carbocycles. The summed E-state index contributed by atoms with van der Waals surface area (Å²) in [5.74, 6) is 1.20. The fraction of sp³-hybridized carbons (Fsp3) is 0.333. The van der Waals surface area contributed by atoms with Crippen LogP contribution in [0.2, 0.25) is 0 Å². The van der Waals surface area contributed by atoms with Crippen molar-refractivity contribution in [1.82, 2.24) is 25.4 Å². The fourth-order valence-electron chi connectivity index (χ4n) is 3.52. The van der Waals surface area contributed by atoms with Gasteiger partial charge in [0.15, 0.2) is 11.4 Å². The number of hydrogen-bond donors (Lipinski definition) is 2. The lowest BCUT2D eigenvalue weighted by molar-refractivity contribution is 0.0211. The summed E-state index contributed by atoms with van der Waals surface area (Å²) in [7, 11) is 0. The van der Waals surface area contributed by atoms with Gasteiger partial charge in [-0.05, 0) is 31.0 Å². The maximum absolute atomic E-state index is 5.96. The molecule has 4 aromatic rings. The van der Waals surface area contributed by atoms with Crippen molar-refractivity contribution >= 4 is 16.6 Å². The number of nitrogens with zero attached hydrogens (tertiary/aromatic N) is 3. The minimum absolute atomic E-state index is 0.289. The Morgan fingerprint density at radius 1 is 1.24 bits per heavy atom. The number of morpholine rings is 1. The third-order valence-corrected chi connectivity index (χ3v) is 5.00. The van der Waals surface area contributed by atoms with Gasteiger partial charge in [-0.1, -0.05) is 18.2 Å². The number of hydrogen-bond acceptors (Lipinski definition) is 7. The molecule has 1 atom stereocenters. The van der Waals surface area contributed by atoms with Crippen LogP contribution in [-0.2, 0) is 4.74 Å². The molecule has 1 aliphatic heterocycles. The van der Waals surface area contributed by atoms with Gasteiger partial charge >= 0.3 is 0 Å².